The first-order valence-electron chi connectivity index (χ1n) is 10.7. The molecule has 0 aromatic heterocycles. The summed E-state index contributed by atoms with van der Waals surface area (Å²) in [5, 5.41) is 8.89. The second-order valence-corrected chi connectivity index (χ2v) is 8.46. The number of anilines is 1. The van der Waals surface area contributed by atoms with Gasteiger partial charge >= 0.3 is 6.03 Å². The molecule has 1 aliphatic carbocycles. The number of rotatable bonds is 9. The van der Waals surface area contributed by atoms with E-state index in [4.69, 9.17) is 4.74 Å². The number of morpholine rings is 1. The van der Waals surface area contributed by atoms with Crippen LogP contribution in [0.3, 0.4) is 0 Å². The van der Waals surface area contributed by atoms with Crippen molar-refractivity contribution in [3.05, 3.63) is 29.8 Å². The van der Waals surface area contributed by atoms with Crippen LogP contribution in [-0.4, -0.2) is 55.7 Å². The van der Waals surface area contributed by atoms with E-state index >= 15 is 0 Å². The molecule has 7 nitrogen and oxygen atoms in total. The van der Waals surface area contributed by atoms with Gasteiger partial charge in [0.25, 0.3) is 0 Å². The molecular formula is C22H34N4O3. The molecule has 3 N–H and O–H groups in total. The minimum atomic E-state index is -0.167. The number of hydrogen-bond acceptors (Lipinski definition) is 4. The van der Waals surface area contributed by atoms with E-state index in [9.17, 15) is 9.59 Å². The van der Waals surface area contributed by atoms with Crippen LogP contribution in [0.1, 0.15) is 38.7 Å². The highest BCUT2D eigenvalue weighted by Crippen LogP contribution is 2.30. The van der Waals surface area contributed by atoms with E-state index in [2.05, 4.69) is 34.7 Å². The van der Waals surface area contributed by atoms with Crippen LogP contribution in [0.5, 0.6) is 0 Å². The summed E-state index contributed by atoms with van der Waals surface area (Å²) >= 11 is 0. The lowest BCUT2D eigenvalue weighted by molar-refractivity contribution is -0.117. The van der Waals surface area contributed by atoms with Gasteiger partial charge in [-0.2, -0.15) is 0 Å². The Morgan fingerprint density at radius 1 is 1.17 bits per heavy atom. The van der Waals surface area contributed by atoms with Crippen molar-refractivity contribution >= 4 is 17.6 Å². The van der Waals surface area contributed by atoms with Crippen LogP contribution in [-0.2, 0) is 16.1 Å². The summed E-state index contributed by atoms with van der Waals surface area (Å²) in [5.74, 6) is 0.835. The molecule has 1 saturated heterocycles. The molecule has 0 spiro atoms. The van der Waals surface area contributed by atoms with Crippen LogP contribution in [0.4, 0.5) is 10.5 Å². The molecule has 2 fully saturated rings. The van der Waals surface area contributed by atoms with Gasteiger partial charge in [0.2, 0.25) is 5.91 Å². The van der Waals surface area contributed by atoms with E-state index in [1.165, 1.54) is 0 Å². The quantitative estimate of drug-likeness (QED) is 0.593. The van der Waals surface area contributed by atoms with Gasteiger partial charge in [-0.25, -0.2) is 4.79 Å². The Hall–Kier alpha value is -2.12. The molecule has 0 radical (unpaired) electrons. The Bertz CT molecular complexity index is 684. The average Bonchev–Trinajstić information content (AvgIpc) is 3.56. The van der Waals surface area contributed by atoms with Gasteiger partial charge in [-0.1, -0.05) is 26.0 Å². The number of nitrogens with one attached hydrogen (secondary N) is 3. The molecule has 3 rings (SSSR count). The van der Waals surface area contributed by atoms with Gasteiger partial charge in [0.1, 0.15) is 0 Å². The van der Waals surface area contributed by atoms with Crippen LogP contribution in [0.25, 0.3) is 0 Å². The van der Waals surface area contributed by atoms with Crippen LogP contribution < -0.4 is 16.0 Å². The maximum Gasteiger partial charge on any atom is 0.315 e. The van der Waals surface area contributed by atoms with E-state index in [0.717, 1.165) is 56.8 Å². The molecular weight excluding hydrogens is 368 g/mol. The van der Waals surface area contributed by atoms with Gasteiger partial charge in [-0.15, -0.1) is 0 Å². The number of nitrogens with zero attached hydrogens (tertiary/aromatic N) is 1. The van der Waals surface area contributed by atoms with Crippen molar-refractivity contribution in [1.29, 1.82) is 0 Å². The Kier molecular flexibility index (Phi) is 7.89. The summed E-state index contributed by atoms with van der Waals surface area (Å²) < 4.78 is 5.45. The molecule has 0 unspecified atom stereocenters. The zero-order valence-electron chi connectivity index (χ0n) is 17.6. The summed E-state index contributed by atoms with van der Waals surface area (Å²) in [6.45, 7) is 8.82. The first-order valence-corrected chi connectivity index (χ1v) is 10.7. The molecule has 29 heavy (non-hydrogen) atoms. The third-order valence-corrected chi connectivity index (χ3v) is 5.40. The Morgan fingerprint density at radius 2 is 1.93 bits per heavy atom. The Labute approximate surface area is 173 Å². The SMILES string of the molecule is CC(C)C[C@@H](CNC(=O)NCc1cccc(NC(=O)C2CC2)c1)N1CCOCC1. The van der Waals surface area contributed by atoms with Gasteiger partial charge in [-0.05, 0) is 42.9 Å². The minimum absolute atomic E-state index is 0.0900. The van der Waals surface area contributed by atoms with Crippen LogP contribution in [0.15, 0.2) is 24.3 Å². The highest BCUT2D eigenvalue weighted by molar-refractivity contribution is 5.94. The van der Waals surface area contributed by atoms with E-state index in [-0.39, 0.29) is 17.9 Å². The lowest BCUT2D eigenvalue weighted by atomic mass is 10.0. The summed E-state index contributed by atoms with van der Waals surface area (Å²) in [6.07, 6.45) is 3.01. The third kappa shape index (κ3) is 7.33. The topological polar surface area (TPSA) is 82.7 Å². The summed E-state index contributed by atoms with van der Waals surface area (Å²) in [4.78, 5) is 26.6. The molecule has 1 aliphatic heterocycles. The molecule has 1 atom stereocenters. The molecule has 3 amide bonds. The zero-order valence-corrected chi connectivity index (χ0v) is 17.6. The van der Waals surface area contributed by atoms with E-state index < -0.39 is 0 Å². The fraction of sp³-hybridized carbons (Fsp3) is 0.636. The molecule has 1 aromatic carbocycles. The minimum Gasteiger partial charge on any atom is -0.379 e. The number of carbonyl (C=O) groups excluding carboxylic acids is 2. The van der Waals surface area contributed by atoms with Crippen molar-refractivity contribution in [1.82, 2.24) is 15.5 Å². The van der Waals surface area contributed by atoms with Crippen LogP contribution in [0.2, 0.25) is 0 Å². The van der Waals surface area contributed by atoms with Crippen LogP contribution in [0, 0.1) is 11.8 Å². The van der Waals surface area contributed by atoms with E-state index in [1.54, 1.807) is 0 Å². The maximum atomic E-state index is 12.3. The summed E-state index contributed by atoms with van der Waals surface area (Å²) in [6, 6.07) is 7.79. The lowest BCUT2D eigenvalue weighted by Gasteiger charge is -2.35. The lowest BCUT2D eigenvalue weighted by Crippen LogP contribution is -2.50. The van der Waals surface area contributed by atoms with Crippen molar-refractivity contribution in [2.24, 2.45) is 11.8 Å². The van der Waals surface area contributed by atoms with Gasteiger partial charge in [0.15, 0.2) is 0 Å². The van der Waals surface area contributed by atoms with Crippen molar-refractivity contribution in [3.63, 3.8) is 0 Å². The average molecular weight is 403 g/mol. The molecule has 1 aromatic rings. The van der Waals surface area contributed by atoms with Crippen molar-refractivity contribution < 1.29 is 14.3 Å². The van der Waals surface area contributed by atoms with Crippen molar-refractivity contribution in [2.45, 2.75) is 45.7 Å². The van der Waals surface area contributed by atoms with Gasteiger partial charge in [0.05, 0.1) is 13.2 Å². The fourth-order valence-corrected chi connectivity index (χ4v) is 3.65. The molecule has 160 valence electrons. The Balaban J connectivity index is 1.44. The molecule has 1 saturated carbocycles. The highest BCUT2D eigenvalue weighted by atomic mass is 16.5. The first-order chi connectivity index (χ1) is 14.0. The normalized spacial score (nSPS) is 18.3. The maximum absolute atomic E-state index is 12.3. The molecule has 7 heteroatoms. The van der Waals surface area contributed by atoms with Crippen molar-refractivity contribution in [3.8, 4) is 0 Å². The van der Waals surface area contributed by atoms with Gasteiger partial charge in [-0.3, -0.25) is 9.69 Å². The van der Waals surface area contributed by atoms with E-state index in [1.807, 2.05) is 24.3 Å². The number of hydrogen-bond donors (Lipinski definition) is 3. The first kappa shape index (κ1) is 21.6. The zero-order chi connectivity index (χ0) is 20.6. The predicted octanol–water partition coefficient (Wildman–Crippen LogP) is 2.58. The largest absolute Gasteiger partial charge is 0.379 e. The number of amides is 3. The van der Waals surface area contributed by atoms with Gasteiger partial charge < -0.3 is 20.7 Å². The number of urea groups is 1. The predicted molar refractivity (Wildman–Crippen MR) is 114 cm³/mol. The number of ether oxygens (including phenoxy) is 1. The van der Waals surface area contributed by atoms with Crippen LogP contribution >= 0.6 is 0 Å². The molecule has 0 bridgehead atoms. The summed E-state index contributed by atoms with van der Waals surface area (Å²) in [7, 11) is 0. The highest BCUT2D eigenvalue weighted by Gasteiger charge is 2.29. The second kappa shape index (κ2) is 10.6. The second-order valence-electron chi connectivity index (χ2n) is 8.46. The Morgan fingerprint density at radius 3 is 2.62 bits per heavy atom. The van der Waals surface area contributed by atoms with Gasteiger partial charge in [0, 0.05) is 43.8 Å². The molecule has 1 heterocycles. The van der Waals surface area contributed by atoms with E-state index in [0.29, 0.717) is 25.0 Å². The monoisotopic (exact) mass is 402 g/mol. The molecule has 2 aliphatic rings. The summed E-state index contributed by atoms with van der Waals surface area (Å²) in [5.41, 5.74) is 1.74. The third-order valence-electron chi connectivity index (χ3n) is 5.40. The van der Waals surface area contributed by atoms with Crippen molar-refractivity contribution in [2.75, 3.05) is 38.2 Å². The fourth-order valence-electron chi connectivity index (χ4n) is 3.65. The number of benzene rings is 1. The smallest absolute Gasteiger partial charge is 0.315 e. The number of carbonyl (C=O) groups is 2. The standard InChI is InChI=1S/C22H34N4O3/c1-16(2)12-20(26-8-10-29-11-9-26)15-24-22(28)23-14-17-4-3-5-19(13-17)25-21(27)18-6-7-18/h3-5,13,16,18,20H,6-12,14-15H2,1-2H3,(H,25,27)(H2,23,24,28)/t20-/m0/s1.